The molecule has 0 aromatic rings. The summed E-state index contributed by atoms with van der Waals surface area (Å²) in [5.41, 5.74) is 1.53. The van der Waals surface area contributed by atoms with Crippen molar-refractivity contribution in [1.82, 2.24) is 4.90 Å². The van der Waals surface area contributed by atoms with Crippen LogP contribution >= 0.6 is 15.9 Å². The lowest BCUT2D eigenvalue weighted by Gasteiger charge is -2.40. The molecule has 124 valence electrons. The molecule has 2 N–H and O–H groups in total. The van der Waals surface area contributed by atoms with Crippen LogP contribution in [0.4, 0.5) is 4.79 Å². The Hall–Kier alpha value is -1.55. The lowest BCUT2D eigenvalue weighted by Crippen LogP contribution is -2.54. The molecular weight excluding hydrogens is 366 g/mol. The predicted octanol–water partition coefficient (Wildman–Crippen LogP) is 0.279. The summed E-state index contributed by atoms with van der Waals surface area (Å²) in [7, 11) is 1.56. The molecule has 8 nitrogen and oxygen atoms in total. The summed E-state index contributed by atoms with van der Waals surface area (Å²) < 4.78 is 5.60. The molecular formula is C14H18BrN5O3. The number of amidine groups is 1. The molecule has 0 aromatic carbocycles. The van der Waals surface area contributed by atoms with E-state index in [1.807, 2.05) is 0 Å². The van der Waals surface area contributed by atoms with Crippen molar-refractivity contribution in [3.8, 4) is 0 Å². The van der Waals surface area contributed by atoms with E-state index in [9.17, 15) is 9.90 Å². The Kier molecular flexibility index (Phi) is 4.37. The predicted molar refractivity (Wildman–Crippen MR) is 86.0 cm³/mol. The van der Waals surface area contributed by atoms with Gasteiger partial charge in [0.25, 0.3) is 0 Å². The maximum atomic E-state index is 11.4. The van der Waals surface area contributed by atoms with Crippen LogP contribution in [0.5, 0.6) is 0 Å². The van der Waals surface area contributed by atoms with Crippen LogP contribution in [0, 0.1) is 5.92 Å². The number of nitrogens with two attached hydrogens (primary N) is 1. The maximum Gasteiger partial charge on any atom is 0.301 e. The van der Waals surface area contributed by atoms with E-state index in [0.717, 1.165) is 17.8 Å². The minimum Gasteiger partial charge on any atom is -0.530 e. The molecule has 1 saturated heterocycles. The number of carbonyl (C=O) groups excluding carboxylic acids is 1. The molecule has 0 bridgehead atoms. The number of amides is 1. The molecule has 3 atom stereocenters. The first kappa shape index (κ1) is 16.3. The lowest BCUT2D eigenvalue weighted by atomic mass is 9.90. The molecule has 3 rings (SSSR count). The van der Waals surface area contributed by atoms with Crippen LogP contribution < -0.4 is 10.9 Å². The molecule has 3 aliphatic heterocycles. The van der Waals surface area contributed by atoms with Crippen molar-refractivity contribution in [2.75, 3.05) is 20.3 Å². The first-order valence-corrected chi connectivity index (χ1v) is 8.11. The van der Waals surface area contributed by atoms with Gasteiger partial charge in [-0.2, -0.15) is 10.8 Å². The molecule has 3 unspecified atom stereocenters. The van der Waals surface area contributed by atoms with Crippen molar-refractivity contribution < 1.29 is 19.2 Å². The summed E-state index contributed by atoms with van der Waals surface area (Å²) >= 11 is 3.40. The van der Waals surface area contributed by atoms with E-state index in [-0.39, 0.29) is 16.6 Å². The highest BCUT2D eigenvalue weighted by Crippen LogP contribution is 2.38. The molecule has 3 heterocycles. The Morgan fingerprint density at radius 3 is 3.09 bits per heavy atom. The number of nitrogens with zero attached hydrogens (tertiary/aromatic N) is 4. The SMILES string of the molecule is COCC1CCC(C2=C3C=NC=C[N+]3(N)C(Br)=N2)CN1C(=O)[O-]. The van der Waals surface area contributed by atoms with E-state index < -0.39 is 6.09 Å². The molecule has 3 aliphatic rings. The molecule has 9 heteroatoms. The van der Waals surface area contributed by atoms with E-state index in [1.54, 1.807) is 25.7 Å². The minimum absolute atomic E-state index is 0.0509. The fourth-order valence-electron chi connectivity index (χ4n) is 3.23. The number of halogens is 1. The molecule has 0 aliphatic carbocycles. The average molecular weight is 384 g/mol. The van der Waals surface area contributed by atoms with Gasteiger partial charge in [0.05, 0.1) is 25.1 Å². The molecule has 0 radical (unpaired) electrons. The maximum absolute atomic E-state index is 11.4. The number of methoxy groups -OCH3 is 1. The Morgan fingerprint density at radius 1 is 1.61 bits per heavy atom. The van der Waals surface area contributed by atoms with Gasteiger partial charge in [-0.05, 0) is 12.8 Å². The van der Waals surface area contributed by atoms with E-state index in [1.165, 1.54) is 4.90 Å². The van der Waals surface area contributed by atoms with Crippen molar-refractivity contribution in [3.63, 3.8) is 0 Å². The van der Waals surface area contributed by atoms with Gasteiger partial charge in [-0.25, -0.2) is 0 Å². The zero-order valence-corrected chi connectivity index (χ0v) is 14.3. The van der Waals surface area contributed by atoms with Crippen LogP contribution in [-0.4, -0.2) is 52.8 Å². The molecule has 0 spiro atoms. The van der Waals surface area contributed by atoms with Crippen molar-refractivity contribution in [3.05, 3.63) is 23.8 Å². The zero-order chi connectivity index (χ0) is 16.6. The number of ether oxygens (including phenoxy) is 1. The quantitative estimate of drug-likeness (QED) is 0.429. The summed E-state index contributed by atoms with van der Waals surface area (Å²) in [5, 5.41) is 11.4. The third-order valence-corrected chi connectivity index (χ3v) is 5.21. The van der Waals surface area contributed by atoms with Gasteiger partial charge in [-0.3, -0.25) is 4.99 Å². The van der Waals surface area contributed by atoms with Gasteiger partial charge in [0.2, 0.25) is 5.70 Å². The highest BCUT2D eigenvalue weighted by Gasteiger charge is 2.45. The molecule has 1 fully saturated rings. The molecule has 1 amide bonds. The summed E-state index contributed by atoms with van der Waals surface area (Å²) in [6, 6.07) is -0.183. The Balaban J connectivity index is 1.88. The van der Waals surface area contributed by atoms with E-state index in [0.29, 0.717) is 24.3 Å². The van der Waals surface area contributed by atoms with Gasteiger partial charge < -0.3 is 19.5 Å². The summed E-state index contributed by atoms with van der Waals surface area (Å²) in [6.45, 7) is 0.678. The largest absolute Gasteiger partial charge is 0.530 e. The van der Waals surface area contributed by atoms with E-state index >= 15 is 0 Å². The standard InChI is InChI=1S/C14H18BrN5O3/c1-23-8-10-3-2-9(7-19(10)14(21)22)12-11-6-17-4-5-20(11,16)13(15)18-12/h4-6,9-10H,2-3,7-8,16H2,1H3. The monoisotopic (exact) mass is 383 g/mol. The van der Waals surface area contributed by atoms with Crippen molar-refractivity contribution in [1.29, 1.82) is 0 Å². The van der Waals surface area contributed by atoms with Gasteiger partial charge >= 0.3 is 4.74 Å². The van der Waals surface area contributed by atoms with Crippen LogP contribution in [0.3, 0.4) is 0 Å². The third kappa shape index (κ3) is 2.74. The second-order valence-electron chi connectivity index (χ2n) is 5.81. The van der Waals surface area contributed by atoms with Crippen molar-refractivity contribution in [2.45, 2.75) is 18.9 Å². The second-order valence-corrected chi connectivity index (χ2v) is 6.52. The number of carbonyl (C=O) groups is 1. The number of quaternary nitrogens is 1. The van der Waals surface area contributed by atoms with Gasteiger partial charge in [0.1, 0.15) is 18.0 Å². The van der Waals surface area contributed by atoms with Gasteiger partial charge in [-0.1, -0.05) is 0 Å². The Labute approximate surface area is 142 Å². The summed E-state index contributed by atoms with van der Waals surface area (Å²) in [6.07, 6.45) is 5.33. The lowest BCUT2D eigenvalue weighted by molar-refractivity contribution is -0.746. The van der Waals surface area contributed by atoms with Crippen LogP contribution in [0.1, 0.15) is 12.8 Å². The Morgan fingerprint density at radius 2 is 2.39 bits per heavy atom. The van der Waals surface area contributed by atoms with E-state index in [2.05, 4.69) is 25.9 Å². The fourth-order valence-corrected chi connectivity index (χ4v) is 3.73. The van der Waals surface area contributed by atoms with Gasteiger partial charge in [0, 0.05) is 35.5 Å². The smallest absolute Gasteiger partial charge is 0.301 e. The van der Waals surface area contributed by atoms with Crippen LogP contribution in [0.2, 0.25) is 0 Å². The summed E-state index contributed by atoms with van der Waals surface area (Å²) in [5.74, 6) is 6.29. The van der Waals surface area contributed by atoms with Gasteiger partial charge in [0.15, 0.2) is 0 Å². The third-order valence-electron chi connectivity index (χ3n) is 4.45. The fraction of sp³-hybridized carbons (Fsp3) is 0.500. The first-order chi connectivity index (χ1) is 11.0. The normalized spacial score (nSPS) is 33.0. The molecule has 0 aromatic heterocycles. The number of piperidine rings is 1. The average Bonchev–Trinajstić information content (AvgIpc) is 2.80. The summed E-state index contributed by atoms with van der Waals surface area (Å²) in [4.78, 5) is 21.4. The number of fused-ring (bicyclic) bond motifs is 1. The minimum atomic E-state index is -1.19. The van der Waals surface area contributed by atoms with Crippen molar-refractivity contribution in [2.24, 2.45) is 21.7 Å². The number of carboxylic acid groups (broad SMARTS) is 1. The number of aliphatic imine (C=N–C) groups is 2. The number of hydrogen-bond acceptors (Lipinski definition) is 6. The van der Waals surface area contributed by atoms with Crippen LogP contribution in [-0.2, 0) is 4.74 Å². The van der Waals surface area contributed by atoms with Crippen LogP contribution in [0.15, 0.2) is 33.8 Å². The Bertz CT molecular complexity index is 644. The van der Waals surface area contributed by atoms with E-state index in [4.69, 9.17) is 10.6 Å². The molecule has 23 heavy (non-hydrogen) atoms. The number of rotatable bonds is 3. The topological polar surface area (TPSA) is 103 Å². The highest BCUT2D eigenvalue weighted by molar-refractivity contribution is 9.18. The number of likely N-dealkylation sites (tertiary alicyclic amines) is 1. The molecule has 0 saturated carbocycles. The van der Waals surface area contributed by atoms with Crippen molar-refractivity contribution >= 4 is 33.0 Å². The first-order valence-electron chi connectivity index (χ1n) is 7.31. The highest BCUT2D eigenvalue weighted by atomic mass is 79.9. The van der Waals surface area contributed by atoms with Gasteiger partial charge in [-0.15, -0.1) is 4.59 Å². The number of allylic oxidation sites excluding steroid dienone is 1. The zero-order valence-electron chi connectivity index (χ0n) is 12.7. The number of hydrogen-bond donors (Lipinski definition) is 1. The second kappa shape index (κ2) is 6.16. The van der Waals surface area contributed by atoms with Crippen LogP contribution in [0.25, 0.3) is 0 Å².